The van der Waals surface area contributed by atoms with E-state index in [-0.39, 0.29) is 0 Å². The summed E-state index contributed by atoms with van der Waals surface area (Å²) in [6.45, 7) is 8.10. The van der Waals surface area contributed by atoms with Crippen LogP contribution < -0.4 is 5.32 Å². The number of aromatic nitrogens is 2. The zero-order valence-corrected chi connectivity index (χ0v) is 17.0. The number of aryl methyl sites for hydroxylation is 2. The molecule has 0 unspecified atom stereocenters. The molecular weight excluding hydrogens is 358 g/mol. The molecule has 1 N–H and O–H groups in total. The van der Waals surface area contributed by atoms with Gasteiger partial charge in [-0.1, -0.05) is 17.7 Å². The van der Waals surface area contributed by atoms with Gasteiger partial charge in [-0.25, -0.2) is 15.0 Å². The first-order valence-electron chi connectivity index (χ1n) is 8.97. The fourth-order valence-electron chi connectivity index (χ4n) is 2.63. The molecule has 1 aromatic carbocycles. The van der Waals surface area contributed by atoms with Gasteiger partial charge in [0.25, 0.3) is 0 Å². The smallest absolute Gasteiger partial charge is 0.226 e. The van der Waals surface area contributed by atoms with Crippen molar-refractivity contribution in [2.45, 2.75) is 33.9 Å². The van der Waals surface area contributed by atoms with Gasteiger partial charge in [0.2, 0.25) is 5.89 Å². The molecule has 0 radical (unpaired) electrons. The highest BCUT2D eigenvalue weighted by Gasteiger charge is 2.10. The molecular formula is C20H25N5OS. The van der Waals surface area contributed by atoms with Crippen molar-refractivity contribution >= 4 is 17.3 Å². The first kappa shape index (κ1) is 19.1. The summed E-state index contributed by atoms with van der Waals surface area (Å²) in [5.74, 6) is 1.44. The van der Waals surface area contributed by atoms with Crippen LogP contribution in [0.2, 0.25) is 0 Å². The number of aliphatic imine (C=N–C) groups is 1. The van der Waals surface area contributed by atoms with Crippen LogP contribution in [0, 0.1) is 13.8 Å². The second-order valence-electron chi connectivity index (χ2n) is 6.39. The van der Waals surface area contributed by atoms with Gasteiger partial charge in [-0.15, -0.1) is 11.3 Å². The Labute approximate surface area is 164 Å². The lowest BCUT2D eigenvalue weighted by atomic mass is 10.1. The van der Waals surface area contributed by atoms with Crippen LogP contribution in [0.15, 0.2) is 45.3 Å². The highest BCUT2D eigenvalue weighted by molar-refractivity contribution is 7.09. The molecule has 0 amide bonds. The Morgan fingerprint density at radius 2 is 1.96 bits per heavy atom. The van der Waals surface area contributed by atoms with Crippen molar-refractivity contribution < 1.29 is 4.42 Å². The molecule has 27 heavy (non-hydrogen) atoms. The predicted molar refractivity (Wildman–Crippen MR) is 110 cm³/mol. The van der Waals surface area contributed by atoms with Crippen LogP contribution in [-0.2, 0) is 13.1 Å². The van der Waals surface area contributed by atoms with E-state index in [2.05, 4.69) is 51.5 Å². The van der Waals surface area contributed by atoms with Gasteiger partial charge < -0.3 is 14.6 Å². The van der Waals surface area contributed by atoms with Gasteiger partial charge in [0, 0.05) is 24.5 Å². The Morgan fingerprint density at radius 3 is 2.63 bits per heavy atom. The Morgan fingerprint density at radius 1 is 1.19 bits per heavy atom. The quantitative estimate of drug-likeness (QED) is 0.514. The lowest BCUT2D eigenvalue weighted by molar-refractivity contribution is 0.470. The summed E-state index contributed by atoms with van der Waals surface area (Å²) in [6, 6.07) is 8.13. The summed E-state index contributed by atoms with van der Waals surface area (Å²) >= 11 is 1.66. The van der Waals surface area contributed by atoms with Crippen LogP contribution in [-0.4, -0.2) is 34.4 Å². The number of guanidine groups is 1. The molecule has 142 valence electrons. The van der Waals surface area contributed by atoms with Crippen molar-refractivity contribution in [3.8, 4) is 11.5 Å². The Kier molecular flexibility index (Phi) is 6.24. The third-order valence-corrected chi connectivity index (χ3v) is 4.83. The van der Waals surface area contributed by atoms with Gasteiger partial charge in [-0.3, -0.25) is 0 Å². The average molecular weight is 384 g/mol. The first-order chi connectivity index (χ1) is 13.0. The van der Waals surface area contributed by atoms with Crippen molar-refractivity contribution in [3.63, 3.8) is 0 Å². The summed E-state index contributed by atoms with van der Waals surface area (Å²) in [5.41, 5.74) is 4.04. The minimum Gasteiger partial charge on any atom is -0.444 e. The molecule has 0 bridgehead atoms. The van der Waals surface area contributed by atoms with E-state index in [0.29, 0.717) is 19.0 Å². The zero-order chi connectivity index (χ0) is 19.2. The van der Waals surface area contributed by atoms with Crippen molar-refractivity contribution in [1.82, 2.24) is 20.2 Å². The molecule has 3 rings (SSSR count). The van der Waals surface area contributed by atoms with Crippen LogP contribution in [0.3, 0.4) is 0 Å². The third-order valence-electron chi connectivity index (χ3n) is 4.00. The molecule has 7 heteroatoms. The van der Waals surface area contributed by atoms with Crippen LogP contribution in [0.5, 0.6) is 0 Å². The summed E-state index contributed by atoms with van der Waals surface area (Å²) in [4.78, 5) is 15.8. The lowest BCUT2D eigenvalue weighted by Gasteiger charge is -2.20. The molecule has 3 aromatic rings. The highest BCUT2D eigenvalue weighted by atomic mass is 32.1. The van der Waals surface area contributed by atoms with Crippen LogP contribution in [0.1, 0.15) is 28.9 Å². The molecule has 0 atom stereocenters. The predicted octanol–water partition coefficient (Wildman–Crippen LogP) is 4.01. The van der Waals surface area contributed by atoms with Gasteiger partial charge in [-0.2, -0.15) is 0 Å². The second-order valence-corrected chi connectivity index (χ2v) is 7.46. The zero-order valence-electron chi connectivity index (χ0n) is 16.2. The van der Waals surface area contributed by atoms with Crippen LogP contribution in [0.4, 0.5) is 0 Å². The molecule has 0 saturated heterocycles. The standard InChI is InChI=1S/C20H25N5OS/c1-5-21-20(25(4)11-18-13-27-15(3)23-18)22-10-17-12-26-19(24-17)16-8-6-14(2)7-9-16/h6-9,12-13H,5,10-11H2,1-4H3,(H,21,22). The summed E-state index contributed by atoms with van der Waals surface area (Å²) in [7, 11) is 2.01. The molecule has 6 nitrogen and oxygen atoms in total. The Balaban J connectivity index is 1.68. The number of nitrogens with zero attached hydrogens (tertiary/aromatic N) is 4. The van der Waals surface area contributed by atoms with E-state index in [4.69, 9.17) is 9.41 Å². The number of rotatable bonds is 6. The molecule has 0 fully saturated rings. The van der Waals surface area contributed by atoms with E-state index in [1.165, 1.54) is 5.56 Å². The van der Waals surface area contributed by atoms with Gasteiger partial charge in [0.05, 0.1) is 23.8 Å². The largest absolute Gasteiger partial charge is 0.444 e. The number of nitrogens with one attached hydrogen (secondary N) is 1. The molecule has 0 aliphatic rings. The molecule has 2 heterocycles. The van der Waals surface area contributed by atoms with E-state index >= 15 is 0 Å². The lowest BCUT2D eigenvalue weighted by Crippen LogP contribution is -2.38. The fraction of sp³-hybridized carbons (Fsp3) is 0.350. The van der Waals surface area contributed by atoms with E-state index in [0.717, 1.165) is 34.5 Å². The number of hydrogen-bond donors (Lipinski definition) is 1. The molecule has 0 aliphatic heterocycles. The maximum Gasteiger partial charge on any atom is 0.226 e. The van der Waals surface area contributed by atoms with Crippen molar-refractivity contribution in [1.29, 1.82) is 0 Å². The van der Waals surface area contributed by atoms with Crippen LogP contribution >= 0.6 is 11.3 Å². The van der Waals surface area contributed by atoms with Gasteiger partial charge >= 0.3 is 0 Å². The molecule has 0 spiro atoms. The van der Waals surface area contributed by atoms with Gasteiger partial charge in [-0.05, 0) is 32.9 Å². The summed E-state index contributed by atoms with van der Waals surface area (Å²) in [5, 5.41) is 6.48. The van der Waals surface area contributed by atoms with E-state index in [9.17, 15) is 0 Å². The van der Waals surface area contributed by atoms with E-state index in [1.54, 1.807) is 17.6 Å². The number of thiazole rings is 1. The van der Waals surface area contributed by atoms with Crippen molar-refractivity contribution in [3.05, 3.63) is 57.9 Å². The van der Waals surface area contributed by atoms with Crippen LogP contribution in [0.25, 0.3) is 11.5 Å². The molecule has 0 aliphatic carbocycles. The number of oxazole rings is 1. The Hall–Kier alpha value is -2.67. The fourth-order valence-corrected chi connectivity index (χ4v) is 3.24. The number of hydrogen-bond acceptors (Lipinski definition) is 5. The van der Waals surface area contributed by atoms with E-state index in [1.807, 2.05) is 26.1 Å². The average Bonchev–Trinajstić information content (AvgIpc) is 3.28. The summed E-state index contributed by atoms with van der Waals surface area (Å²) < 4.78 is 5.62. The normalized spacial score (nSPS) is 11.6. The summed E-state index contributed by atoms with van der Waals surface area (Å²) in [6.07, 6.45) is 1.67. The minimum absolute atomic E-state index is 0.456. The minimum atomic E-state index is 0.456. The third kappa shape index (κ3) is 5.17. The topological polar surface area (TPSA) is 66.6 Å². The molecule has 0 saturated carbocycles. The van der Waals surface area contributed by atoms with Crippen molar-refractivity contribution in [2.24, 2.45) is 4.99 Å². The first-order valence-corrected chi connectivity index (χ1v) is 9.85. The van der Waals surface area contributed by atoms with Crippen molar-refractivity contribution in [2.75, 3.05) is 13.6 Å². The van der Waals surface area contributed by atoms with Gasteiger partial charge in [0.15, 0.2) is 5.96 Å². The monoisotopic (exact) mass is 383 g/mol. The SMILES string of the molecule is CCNC(=NCc1coc(-c2ccc(C)cc2)n1)N(C)Cc1csc(C)n1. The Bertz CT molecular complexity index is 897. The second kappa shape index (κ2) is 8.81. The maximum atomic E-state index is 5.62. The van der Waals surface area contributed by atoms with Gasteiger partial charge in [0.1, 0.15) is 12.0 Å². The van der Waals surface area contributed by atoms with E-state index < -0.39 is 0 Å². The maximum absolute atomic E-state index is 5.62. The highest BCUT2D eigenvalue weighted by Crippen LogP contribution is 2.19. The molecule has 2 aromatic heterocycles. The number of benzene rings is 1.